The van der Waals surface area contributed by atoms with Crippen LogP contribution in [-0.4, -0.2) is 9.97 Å². The number of aromatic nitrogens is 2. The van der Waals surface area contributed by atoms with E-state index in [1.165, 1.54) is 24.5 Å². The van der Waals surface area contributed by atoms with Crippen LogP contribution in [0.5, 0.6) is 0 Å². The van der Waals surface area contributed by atoms with Crippen LogP contribution in [0.1, 0.15) is 0 Å². The second kappa shape index (κ2) is 6.83. The number of halogens is 4. The van der Waals surface area contributed by atoms with Crippen LogP contribution in [0, 0.1) is 23.3 Å². The van der Waals surface area contributed by atoms with Gasteiger partial charge < -0.3 is 9.97 Å². The summed E-state index contributed by atoms with van der Waals surface area (Å²) in [5.41, 5.74) is -0.254. The fraction of sp³-hybridized carbons (Fsp3) is 0. The molecule has 0 amide bonds. The Balaban J connectivity index is 0.000000151. The third kappa shape index (κ3) is 3.21. The monoisotopic (exact) mass is 362 g/mol. The summed E-state index contributed by atoms with van der Waals surface area (Å²) >= 11 is 0. The van der Waals surface area contributed by atoms with Gasteiger partial charge in [-0.15, -0.1) is 0 Å². The average molecular weight is 362 g/mol. The van der Waals surface area contributed by atoms with E-state index in [0.29, 0.717) is 11.0 Å². The molecule has 0 radical (unpaired) electrons. The number of benzene rings is 2. The molecule has 8 heteroatoms. The summed E-state index contributed by atoms with van der Waals surface area (Å²) in [4.78, 5) is 27.6. The highest BCUT2D eigenvalue weighted by Crippen LogP contribution is 2.14. The summed E-state index contributed by atoms with van der Waals surface area (Å²) in [6.07, 6.45) is 2.78. The molecule has 0 unspecified atom stereocenters. The standard InChI is InChI=1S/2C9H5F2NO/c10-6-3-5-8(4-7(6)11)12-2-1-9(5)13;10-5-1-2-6-8(9(5)11)7(13)3-4-12-6/h2*1-4H,(H,12,13). The summed E-state index contributed by atoms with van der Waals surface area (Å²) in [5.74, 6) is -4.08. The van der Waals surface area contributed by atoms with Crippen molar-refractivity contribution in [3.05, 3.63) is 92.5 Å². The number of hydrogen-bond donors (Lipinski definition) is 2. The summed E-state index contributed by atoms with van der Waals surface area (Å²) in [5, 5.41) is -0.0797. The summed E-state index contributed by atoms with van der Waals surface area (Å²) in [7, 11) is 0. The third-order valence-electron chi connectivity index (χ3n) is 3.61. The highest BCUT2D eigenvalue weighted by atomic mass is 19.2. The zero-order valence-electron chi connectivity index (χ0n) is 12.9. The molecule has 0 aliphatic rings. The summed E-state index contributed by atoms with van der Waals surface area (Å²) < 4.78 is 51.1. The van der Waals surface area contributed by atoms with Crippen LogP contribution in [0.4, 0.5) is 17.6 Å². The Labute approximate surface area is 142 Å². The van der Waals surface area contributed by atoms with Crippen LogP contribution in [0.3, 0.4) is 0 Å². The summed E-state index contributed by atoms with van der Waals surface area (Å²) in [6, 6.07) is 6.59. The van der Waals surface area contributed by atoms with E-state index in [-0.39, 0.29) is 16.2 Å². The van der Waals surface area contributed by atoms with Crippen LogP contribution < -0.4 is 10.9 Å². The SMILES string of the molecule is O=c1cc[nH]c2cc(F)c(F)cc12.O=c1cc[nH]c2ccc(F)c(F)c12. The zero-order valence-corrected chi connectivity index (χ0v) is 12.9. The Bertz CT molecular complexity index is 1230. The topological polar surface area (TPSA) is 65.7 Å². The number of nitrogens with one attached hydrogen (secondary N) is 2. The lowest BCUT2D eigenvalue weighted by atomic mass is 10.2. The van der Waals surface area contributed by atoms with E-state index in [1.54, 1.807) is 0 Å². The van der Waals surface area contributed by atoms with Gasteiger partial charge in [-0.25, -0.2) is 17.6 Å². The lowest BCUT2D eigenvalue weighted by molar-refractivity contribution is 0.510. The van der Waals surface area contributed by atoms with Crippen molar-refractivity contribution < 1.29 is 17.6 Å². The Morgan fingerprint density at radius 2 is 1.27 bits per heavy atom. The van der Waals surface area contributed by atoms with Crippen molar-refractivity contribution in [2.45, 2.75) is 0 Å². The second-order valence-electron chi connectivity index (χ2n) is 5.28. The molecule has 4 rings (SSSR count). The fourth-order valence-electron chi connectivity index (χ4n) is 2.37. The number of aromatic amines is 2. The molecule has 0 atom stereocenters. The molecule has 0 bridgehead atoms. The van der Waals surface area contributed by atoms with Crippen molar-refractivity contribution in [1.82, 2.24) is 9.97 Å². The van der Waals surface area contributed by atoms with E-state index in [0.717, 1.165) is 24.3 Å². The molecule has 0 aliphatic heterocycles. The summed E-state index contributed by atoms with van der Waals surface area (Å²) in [6.45, 7) is 0. The van der Waals surface area contributed by atoms with Gasteiger partial charge in [-0.2, -0.15) is 0 Å². The Hall–Kier alpha value is -3.42. The molecule has 4 nitrogen and oxygen atoms in total. The minimum atomic E-state index is -1.10. The van der Waals surface area contributed by atoms with Gasteiger partial charge in [0.1, 0.15) is 0 Å². The first-order valence-corrected chi connectivity index (χ1v) is 7.30. The lowest BCUT2D eigenvalue weighted by Gasteiger charge is -1.98. The van der Waals surface area contributed by atoms with Gasteiger partial charge in [0.2, 0.25) is 0 Å². The van der Waals surface area contributed by atoms with E-state index < -0.39 is 28.7 Å². The number of rotatable bonds is 0. The molecule has 26 heavy (non-hydrogen) atoms. The highest BCUT2D eigenvalue weighted by Gasteiger charge is 2.09. The molecule has 2 N–H and O–H groups in total. The molecular weight excluding hydrogens is 352 g/mol. The number of fused-ring (bicyclic) bond motifs is 2. The Morgan fingerprint density at radius 3 is 2.00 bits per heavy atom. The lowest BCUT2D eigenvalue weighted by Crippen LogP contribution is -2.03. The quantitative estimate of drug-likeness (QED) is 0.469. The molecule has 0 spiro atoms. The zero-order chi connectivity index (χ0) is 18.8. The molecule has 132 valence electrons. The maximum absolute atomic E-state index is 13.1. The van der Waals surface area contributed by atoms with Crippen LogP contribution in [-0.2, 0) is 0 Å². The van der Waals surface area contributed by atoms with E-state index in [1.807, 2.05) is 0 Å². The smallest absolute Gasteiger partial charge is 0.192 e. The van der Waals surface area contributed by atoms with Gasteiger partial charge in [0, 0.05) is 36.0 Å². The first-order chi connectivity index (χ1) is 12.4. The molecule has 0 saturated heterocycles. The molecule has 4 aromatic rings. The van der Waals surface area contributed by atoms with E-state index in [4.69, 9.17) is 0 Å². The highest BCUT2D eigenvalue weighted by molar-refractivity contribution is 5.79. The van der Waals surface area contributed by atoms with Gasteiger partial charge in [0.15, 0.2) is 34.1 Å². The van der Waals surface area contributed by atoms with Gasteiger partial charge in [-0.3, -0.25) is 9.59 Å². The van der Waals surface area contributed by atoms with Crippen molar-refractivity contribution in [2.75, 3.05) is 0 Å². The number of pyridine rings is 2. The minimum Gasteiger partial charge on any atom is -0.361 e. The predicted molar refractivity (Wildman–Crippen MR) is 89.0 cm³/mol. The fourth-order valence-corrected chi connectivity index (χ4v) is 2.37. The first kappa shape index (κ1) is 17.4. The predicted octanol–water partition coefficient (Wildman–Crippen LogP) is 3.61. The van der Waals surface area contributed by atoms with Crippen molar-refractivity contribution >= 4 is 21.8 Å². The van der Waals surface area contributed by atoms with Crippen molar-refractivity contribution in [3.8, 4) is 0 Å². The molecular formula is C18H10F4N2O2. The van der Waals surface area contributed by atoms with Gasteiger partial charge >= 0.3 is 0 Å². The first-order valence-electron chi connectivity index (χ1n) is 7.30. The number of H-pyrrole nitrogens is 2. The number of hydrogen-bond acceptors (Lipinski definition) is 2. The Kier molecular flexibility index (Phi) is 4.57. The van der Waals surface area contributed by atoms with Gasteiger partial charge in [0.25, 0.3) is 0 Å². The Morgan fingerprint density at radius 1 is 0.654 bits per heavy atom. The maximum atomic E-state index is 13.1. The maximum Gasteiger partial charge on any atom is 0.192 e. The minimum absolute atomic E-state index is 0.154. The molecule has 2 aromatic heterocycles. The normalized spacial score (nSPS) is 10.6. The molecule has 0 fully saturated rings. The van der Waals surface area contributed by atoms with Crippen LogP contribution >= 0.6 is 0 Å². The van der Waals surface area contributed by atoms with Gasteiger partial charge in [-0.1, -0.05) is 0 Å². The molecule has 0 aliphatic carbocycles. The van der Waals surface area contributed by atoms with E-state index in [9.17, 15) is 27.2 Å². The van der Waals surface area contributed by atoms with Crippen LogP contribution in [0.15, 0.2) is 58.4 Å². The second-order valence-corrected chi connectivity index (χ2v) is 5.28. The van der Waals surface area contributed by atoms with Gasteiger partial charge in [-0.05, 0) is 18.2 Å². The van der Waals surface area contributed by atoms with E-state index >= 15 is 0 Å². The average Bonchev–Trinajstić information content (AvgIpc) is 2.61. The van der Waals surface area contributed by atoms with Crippen LogP contribution in [0.2, 0.25) is 0 Å². The molecule has 2 heterocycles. The van der Waals surface area contributed by atoms with Crippen molar-refractivity contribution in [2.24, 2.45) is 0 Å². The molecule has 0 saturated carbocycles. The van der Waals surface area contributed by atoms with Crippen molar-refractivity contribution in [1.29, 1.82) is 0 Å². The van der Waals surface area contributed by atoms with Crippen LogP contribution in [0.25, 0.3) is 21.8 Å². The van der Waals surface area contributed by atoms with Crippen molar-refractivity contribution in [3.63, 3.8) is 0 Å². The molecule has 2 aromatic carbocycles. The largest absolute Gasteiger partial charge is 0.361 e. The van der Waals surface area contributed by atoms with E-state index in [2.05, 4.69) is 9.97 Å². The van der Waals surface area contributed by atoms with Gasteiger partial charge in [0.05, 0.1) is 16.4 Å². The third-order valence-corrected chi connectivity index (χ3v) is 3.61.